The number of hydrogen-bond acceptors (Lipinski definition) is 4. The summed E-state index contributed by atoms with van der Waals surface area (Å²) >= 11 is 0. The number of aromatic amines is 1. The smallest absolute Gasteiger partial charge is 0.222 e. The van der Waals surface area contributed by atoms with Crippen LogP contribution in [-0.4, -0.2) is 33.0 Å². The molecular formula is C18H20N4O2. The number of rotatable bonds is 2. The quantitative estimate of drug-likeness (QED) is 0.782. The van der Waals surface area contributed by atoms with Crippen LogP contribution in [-0.2, 0) is 4.79 Å². The Hall–Kier alpha value is -2.63. The standard InChI is InChI=1S/C18H20N4O2/c1-10-17(11(2)24-21-10)12-7-8-13-14(9-12)20-18(19-13)15-5-4-6-16(23)22(15)3/h7-9,15H,4-6H2,1-3H3,(H,19,20). The lowest BCUT2D eigenvalue weighted by Gasteiger charge is -2.30. The predicted octanol–water partition coefficient (Wildman–Crippen LogP) is 3.52. The summed E-state index contributed by atoms with van der Waals surface area (Å²) in [4.78, 5) is 21.8. The van der Waals surface area contributed by atoms with Gasteiger partial charge in [-0.1, -0.05) is 11.2 Å². The van der Waals surface area contributed by atoms with E-state index in [1.54, 1.807) is 4.90 Å². The van der Waals surface area contributed by atoms with Crippen molar-refractivity contribution in [3.05, 3.63) is 35.5 Å². The van der Waals surface area contributed by atoms with E-state index in [4.69, 9.17) is 9.51 Å². The first-order valence-corrected chi connectivity index (χ1v) is 8.23. The van der Waals surface area contributed by atoms with Crippen molar-refractivity contribution in [3.8, 4) is 11.1 Å². The third kappa shape index (κ3) is 2.29. The summed E-state index contributed by atoms with van der Waals surface area (Å²) in [5.41, 5.74) is 4.84. The van der Waals surface area contributed by atoms with Gasteiger partial charge in [0.15, 0.2) is 0 Å². The van der Waals surface area contributed by atoms with Crippen LogP contribution in [0, 0.1) is 13.8 Å². The molecule has 24 heavy (non-hydrogen) atoms. The number of H-pyrrole nitrogens is 1. The van der Waals surface area contributed by atoms with Crippen molar-refractivity contribution in [2.45, 2.75) is 39.2 Å². The van der Waals surface area contributed by atoms with Gasteiger partial charge in [-0.3, -0.25) is 4.79 Å². The fourth-order valence-corrected chi connectivity index (χ4v) is 3.55. The fourth-order valence-electron chi connectivity index (χ4n) is 3.55. The Morgan fingerprint density at radius 1 is 1.33 bits per heavy atom. The van der Waals surface area contributed by atoms with Gasteiger partial charge in [-0.15, -0.1) is 0 Å². The number of aromatic nitrogens is 3. The van der Waals surface area contributed by atoms with Gasteiger partial charge < -0.3 is 14.4 Å². The summed E-state index contributed by atoms with van der Waals surface area (Å²) in [5.74, 6) is 1.85. The maximum atomic E-state index is 11.9. The minimum Gasteiger partial charge on any atom is -0.361 e. The number of hydrogen-bond donors (Lipinski definition) is 1. The van der Waals surface area contributed by atoms with E-state index in [0.29, 0.717) is 6.42 Å². The zero-order valence-electron chi connectivity index (χ0n) is 14.1. The molecule has 0 saturated carbocycles. The summed E-state index contributed by atoms with van der Waals surface area (Å²) < 4.78 is 5.27. The summed E-state index contributed by atoms with van der Waals surface area (Å²) in [7, 11) is 1.86. The van der Waals surface area contributed by atoms with Crippen LogP contribution in [0.1, 0.15) is 42.6 Å². The Balaban J connectivity index is 1.75. The highest BCUT2D eigenvalue weighted by molar-refractivity contribution is 5.83. The maximum Gasteiger partial charge on any atom is 0.222 e. The van der Waals surface area contributed by atoms with Crippen LogP contribution in [0.4, 0.5) is 0 Å². The number of amides is 1. The molecule has 0 spiro atoms. The van der Waals surface area contributed by atoms with Gasteiger partial charge in [-0.05, 0) is 44.4 Å². The first kappa shape index (κ1) is 14.9. The average molecular weight is 324 g/mol. The third-order valence-electron chi connectivity index (χ3n) is 4.87. The van der Waals surface area contributed by atoms with Gasteiger partial charge in [0.2, 0.25) is 5.91 Å². The van der Waals surface area contributed by atoms with Crippen LogP contribution < -0.4 is 0 Å². The van der Waals surface area contributed by atoms with Gasteiger partial charge in [0.05, 0.1) is 22.8 Å². The van der Waals surface area contributed by atoms with E-state index in [1.165, 1.54) is 0 Å². The number of carbonyl (C=O) groups excluding carboxylic acids is 1. The molecule has 0 aliphatic carbocycles. The minimum atomic E-state index is 0.0289. The number of imidazole rings is 1. The van der Waals surface area contributed by atoms with Crippen molar-refractivity contribution in [3.63, 3.8) is 0 Å². The molecule has 1 N–H and O–H groups in total. The van der Waals surface area contributed by atoms with Gasteiger partial charge in [0, 0.05) is 19.0 Å². The molecule has 0 bridgehead atoms. The number of fused-ring (bicyclic) bond motifs is 1. The topological polar surface area (TPSA) is 75.0 Å². The van der Waals surface area contributed by atoms with Crippen molar-refractivity contribution < 1.29 is 9.32 Å². The average Bonchev–Trinajstić information content (AvgIpc) is 3.12. The maximum absolute atomic E-state index is 11.9. The molecule has 0 radical (unpaired) electrons. The summed E-state index contributed by atoms with van der Waals surface area (Å²) in [6.07, 6.45) is 2.48. The third-order valence-corrected chi connectivity index (χ3v) is 4.87. The molecule has 1 unspecified atom stereocenters. The van der Waals surface area contributed by atoms with Crippen LogP contribution in [0.25, 0.3) is 22.2 Å². The molecule has 1 amide bonds. The zero-order valence-corrected chi connectivity index (χ0v) is 14.1. The highest BCUT2D eigenvalue weighted by Gasteiger charge is 2.28. The fraction of sp³-hybridized carbons (Fsp3) is 0.389. The van der Waals surface area contributed by atoms with Gasteiger partial charge in [-0.25, -0.2) is 4.98 Å². The van der Waals surface area contributed by atoms with Gasteiger partial charge in [-0.2, -0.15) is 0 Å². The Labute approximate surface area is 139 Å². The van der Waals surface area contributed by atoms with Crippen molar-refractivity contribution in [1.82, 2.24) is 20.0 Å². The predicted molar refractivity (Wildman–Crippen MR) is 90.4 cm³/mol. The van der Waals surface area contributed by atoms with Crippen LogP contribution in [0.15, 0.2) is 22.7 Å². The van der Waals surface area contributed by atoms with Crippen molar-refractivity contribution in [2.75, 3.05) is 7.05 Å². The number of nitrogens with zero attached hydrogens (tertiary/aromatic N) is 3. The molecule has 1 aliphatic heterocycles. The van der Waals surface area contributed by atoms with Crippen molar-refractivity contribution in [2.24, 2.45) is 0 Å². The molecule has 6 heteroatoms. The lowest BCUT2D eigenvalue weighted by molar-refractivity contribution is -0.134. The molecule has 2 aromatic heterocycles. The van der Waals surface area contributed by atoms with Crippen LogP contribution in [0.2, 0.25) is 0 Å². The van der Waals surface area contributed by atoms with Crippen molar-refractivity contribution >= 4 is 16.9 Å². The van der Waals surface area contributed by atoms with Crippen LogP contribution in [0.3, 0.4) is 0 Å². The van der Waals surface area contributed by atoms with E-state index >= 15 is 0 Å². The number of piperidine rings is 1. The molecule has 6 nitrogen and oxygen atoms in total. The highest BCUT2D eigenvalue weighted by Crippen LogP contribution is 2.32. The summed E-state index contributed by atoms with van der Waals surface area (Å²) in [6, 6.07) is 6.14. The monoisotopic (exact) mass is 324 g/mol. The second-order valence-electron chi connectivity index (χ2n) is 6.47. The van der Waals surface area contributed by atoms with E-state index in [-0.39, 0.29) is 11.9 Å². The summed E-state index contributed by atoms with van der Waals surface area (Å²) in [5, 5.41) is 4.02. The van der Waals surface area contributed by atoms with Crippen molar-refractivity contribution in [1.29, 1.82) is 0 Å². The second-order valence-corrected chi connectivity index (χ2v) is 6.47. The Kier molecular flexibility index (Phi) is 3.40. The molecule has 1 aliphatic rings. The molecule has 1 fully saturated rings. The normalized spacial score (nSPS) is 18.5. The highest BCUT2D eigenvalue weighted by atomic mass is 16.5. The number of carbonyl (C=O) groups is 1. The number of likely N-dealkylation sites (tertiary alicyclic amines) is 1. The molecule has 1 saturated heterocycles. The Bertz CT molecular complexity index is 905. The lowest BCUT2D eigenvalue weighted by Crippen LogP contribution is -2.35. The molecular weight excluding hydrogens is 304 g/mol. The number of nitrogens with one attached hydrogen (secondary N) is 1. The molecule has 3 heterocycles. The van der Waals surface area contributed by atoms with Crippen LogP contribution >= 0.6 is 0 Å². The first-order valence-electron chi connectivity index (χ1n) is 8.23. The van der Waals surface area contributed by atoms with Gasteiger partial charge in [0.25, 0.3) is 0 Å². The number of benzene rings is 1. The van der Waals surface area contributed by atoms with E-state index in [2.05, 4.69) is 16.2 Å². The SMILES string of the molecule is Cc1noc(C)c1-c1ccc2nc(C3CCCC(=O)N3C)[nH]c2c1. The number of aryl methyl sites for hydroxylation is 2. The summed E-state index contributed by atoms with van der Waals surface area (Å²) in [6.45, 7) is 3.86. The molecule has 4 rings (SSSR count). The van der Waals surface area contributed by atoms with Gasteiger partial charge >= 0.3 is 0 Å². The molecule has 3 aromatic rings. The van der Waals surface area contributed by atoms with E-state index in [9.17, 15) is 4.79 Å². The second kappa shape index (κ2) is 5.47. The molecule has 1 atom stereocenters. The Morgan fingerprint density at radius 3 is 2.92 bits per heavy atom. The first-order chi connectivity index (χ1) is 11.5. The Morgan fingerprint density at radius 2 is 2.17 bits per heavy atom. The largest absolute Gasteiger partial charge is 0.361 e. The van der Waals surface area contributed by atoms with Crippen LogP contribution in [0.5, 0.6) is 0 Å². The van der Waals surface area contributed by atoms with E-state index < -0.39 is 0 Å². The van der Waals surface area contributed by atoms with Gasteiger partial charge in [0.1, 0.15) is 11.6 Å². The zero-order chi connectivity index (χ0) is 16.8. The minimum absolute atomic E-state index is 0.0289. The van der Waals surface area contributed by atoms with E-state index in [1.807, 2.05) is 33.0 Å². The molecule has 1 aromatic carbocycles. The molecule has 124 valence electrons. The lowest BCUT2D eigenvalue weighted by atomic mass is 10.0. The van der Waals surface area contributed by atoms with E-state index in [0.717, 1.165) is 52.3 Å².